The van der Waals surface area contributed by atoms with E-state index in [-0.39, 0.29) is 12.5 Å². The number of carboxylic acid groups (broad SMARTS) is 1. The van der Waals surface area contributed by atoms with Crippen LogP contribution in [0.3, 0.4) is 0 Å². The van der Waals surface area contributed by atoms with Crippen molar-refractivity contribution in [1.82, 2.24) is 0 Å². The maximum absolute atomic E-state index is 12.5. The summed E-state index contributed by atoms with van der Waals surface area (Å²) in [5.74, 6) is -0.928. The summed E-state index contributed by atoms with van der Waals surface area (Å²) in [6, 6.07) is 6.73. The van der Waals surface area contributed by atoms with Gasteiger partial charge in [-0.15, -0.1) is 0 Å². The molecule has 0 aliphatic heterocycles. The number of aliphatic carboxylic acids is 1. The standard InChI is InChI=1S/C15H22N2O4/c1-3-15(4-2,10-16)14(20)17-11-7-5-6-8-12(11)21-9-13(18)19/h5-8H,3-4,9-10,16H2,1-2H3,(H,17,20)(H,18,19). The van der Waals surface area contributed by atoms with Crippen LogP contribution in [0.4, 0.5) is 5.69 Å². The number of para-hydroxylation sites is 2. The maximum atomic E-state index is 12.5. The summed E-state index contributed by atoms with van der Waals surface area (Å²) in [6.07, 6.45) is 1.26. The highest BCUT2D eigenvalue weighted by atomic mass is 16.5. The van der Waals surface area contributed by atoms with E-state index in [1.807, 2.05) is 13.8 Å². The Balaban J connectivity index is 2.91. The van der Waals surface area contributed by atoms with Crippen molar-refractivity contribution in [3.05, 3.63) is 24.3 Å². The smallest absolute Gasteiger partial charge is 0.341 e. The third-order valence-electron chi connectivity index (χ3n) is 3.71. The fourth-order valence-electron chi connectivity index (χ4n) is 2.04. The molecule has 0 aliphatic carbocycles. The molecule has 1 aromatic rings. The second-order valence-corrected chi connectivity index (χ2v) is 4.82. The SMILES string of the molecule is CCC(CC)(CN)C(=O)Nc1ccccc1OCC(=O)O. The Hall–Kier alpha value is -2.08. The third-order valence-corrected chi connectivity index (χ3v) is 3.71. The van der Waals surface area contributed by atoms with Crippen LogP contribution in [0.5, 0.6) is 5.75 Å². The molecular weight excluding hydrogens is 272 g/mol. The summed E-state index contributed by atoms with van der Waals surface area (Å²) >= 11 is 0. The highest BCUT2D eigenvalue weighted by Crippen LogP contribution is 2.30. The minimum absolute atomic E-state index is 0.179. The molecule has 0 spiro atoms. The Labute approximate surface area is 124 Å². The normalized spacial score (nSPS) is 11.0. The van der Waals surface area contributed by atoms with Crippen LogP contribution in [-0.2, 0) is 9.59 Å². The van der Waals surface area contributed by atoms with Crippen LogP contribution in [-0.4, -0.2) is 30.1 Å². The number of hydrogen-bond acceptors (Lipinski definition) is 4. The maximum Gasteiger partial charge on any atom is 0.341 e. The first kappa shape index (κ1) is 17.0. The van der Waals surface area contributed by atoms with Gasteiger partial charge >= 0.3 is 5.97 Å². The topological polar surface area (TPSA) is 102 Å². The van der Waals surface area contributed by atoms with Gasteiger partial charge in [0.1, 0.15) is 5.75 Å². The van der Waals surface area contributed by atoms with Crippen molar-refractivity contribution in [2.24, 2.45) is 11.1 Å². The Morgan fingerprint density at radius 1 is 1.29 bits per heavy atom. The lowest BCUT2D eigenvalue weighted by Gasteiger charge is -2.28. The van der Waals surface area contributed by atoms with Crippen LogP contribution < -0.4 is 15.8 Å². The van der Waals surface area contributed by atoms with Gasteiger partial charge in [-0.3, -0.25) is 4.79 Å². The van der Waals surface area contributed by atoms with Crippen LogP contribution in [0.1, 0.15) is 26.7 Å². The molecule has 0 atom stereocenters. The van der Waals surface area contributed by atoms with Gasteiger partial charge in [-0.25, -0.2) is 4.79 Å². The summed E-state index contributed by atoms with van der Waals surface area (Å²) in [6.45, 7) is 3.63. The van der Waals surface area contributed by atoms with Crippen molar-refractivity contribution in [3.63, 3.8) is 0 Å². The van der Waals surface area contributed by atoms with Crippen molar-refractivity contribution in [3.8, 4) is 5.75 Å². The monoisotopic (exact) mass is 294 g/mol. The summed E-state index contributed by atoms with van der Waals surface area (Å²) in [7, 11) is 0. The van der Waals surface area contributed by atoms with Crippen LogP contribution in [0.25, 0.3) is 0 Å². The molecule has 4 N–H and O–H groups in total. The molecule has 1 rings (SSSR count). The minimum Gasteiger partial charge on any atom is -0.480 e. The van der Waals surface area contributed by atoms with Crippen molar-refractivity contribution in [2.45, 2.75) is 26.7 Å². The van der Waals surface area contributed by atoms with E-state index in [4.69, 9.17) is 15.6 Å². The van der Waals surface area contributed by atoms with Crippen LogP contribution in [0, 0.1) is 5.41 Å². The number of carboxylic acids is 1. The third kappa shape index (κ3) is 4.19. The predicted molar refractivity (Wildman–Crippen MR) is 80.3 cm³/mol. The highest BCUT2D eigenvalue weighted by Gasteiger charge is 2.33. The zero-order chi connectivity index (χ0) is 15.9. The molecule has 0 fully saturated rings. The average molecular weight is 294 g/mol. The number of nitrogens with two attached hydrogens (primary N) is 1. The predicted octanol–water partition coefficient (Wildman–Crippen LogP) is 1.85. The van der Waals surface area contributed by atoms with Gasteiger partial charge in [0.05, 0.1) is 11.1 Å². The Morgan fingerprint density at radius 2 is 1.90 bits per heavy atom. The second-order valence-electron chi connectivity index (χ2n) is 4.82. The fourth-order valence-corrected chi connectivity index (χ4v) is 2.04. The van der Waals surface area contributed by atoms with Gasteiger partial charge < -0.3 is 20.9 Å². The molecule has 0 heterocycles. The molecule has 6 heteroatoms. The largest absolute Gasteiger partial charge is 0.480 e. The van der Waals surface area contributed by atoms with Crippen molar-refractivity contribution in [2.75, 3.05) is 18.5 Å². The van der Waals surface area contributed by atoms with Crippen LogP contribution in [0.15, 0.2) is 24.3 Å². The number of nitrogens with one attached hydrogen (secondary N) is 1. The molecule has 0 radical (unpaired) electrons. The first-order valence-electron chi connectivity index (χ1n) is 6.94. The molecule has 1 aromatic carbocycles. The molecule has 1 amide bonds. The number of anilines is 1. The van der Waals surface area contributed by atoms with Crippen molar-refractivity contribution in [1.29, 1.82) is 0 Å². The lowest BCUT2D eigenvalue weighted by molar-refractivity contribution is -0.139. The van der Waals surface area contributed by atoms with E-state index in [1.54, 1.807) is 24.3 Å². The van der Waals surface area contributed by atoms with E-state index < -0.39 is 18.0 Å². The number of carbonyl (C=O) groups is 2. The van der Waals surface area contributed by atoms with Gasteiger partial charge in [0.2, 0.25) is 5.91 Å². The van der Waals surface area contributed by atoms with Crippen molar-refractivity contribution < 1.29 is 19.4 Å². The van der Waals surface area contributed by atoms with E-state index in [0.29, 0.717) is 24.3 Å². The molecule has 0 saturated carbocycles. The summed E-state index contributed by atoms with van der Waals surface area (Å²) < 4.78 is 5.17. The minimum atomic E-state index is -1.07. The van der Waals surface area contributed by atoms with Gasteiger partial charge in [0, 0.05) is 6.54 Å². The molecule has 116 valence electrons. The van der Waals surface area contributed by atoms with E-state index in [0.717, 1.165) is 0 Å². The summed E-state index contributed by atoms with van der Waals surface area (Å²) in [5, 5.41) is 11.5. The van der Waals surface area contributed by atoms with Gasteiger partial charge in [-0.2, -0.15) is 0 Å². The molecular formula is C15H22N2O4. The summed E-state index contributed by atoms with van der Waals surface area (Å²) in [5.41, 5.74) is 5.57. The Morgan fingerprint density at radius 3 is 2.43 bits per heavy atom. The van der Waals surface area contributed by atoms with E-state index in [1.165, 1.54) is 0 Å². The van der Waals surface area contributed by atoms with Crippen LogP contribution in [0.2, 0.25) is 0 Å². The molecule has 0 aliphatic rings. The zero-order valence-electron chi connectivity index (χ0n) is 12.4. The average Bonchev–Trinajstić information content (AvgIpc) is 2.48. The van der Waals surface area contributed by atoms with Gasteiger partial charge in [0.25, 0.3) is 0 Å². The molecule has 0 saturated heterocycles. The van der Waals surface area contributed by atoms with Gasteiger partial charge in [-0.05, 0) is 25.0 Å². The molecule has 0 unspecified atom stereocenters. The second kappa shape index (κ2) is 7.64. The number of carbonyl (C=O) groups excluding carboxylic acids is 1. The number of benzene rings is 1. The molecule has 0 aromatic heterocycles. The Bertz CT molecular complexity index is 490. The van der Waals surface area contributed by atoms with Gasteiger partial charge in [0.15, 0.2) is 6.61 Å². The van der Waals surface area contributed by atoms with Gasteiger partial charge in [-0.1, -0.05) is 26.0 Å². The fraction of sp³-hybridized carbons (Fsp3) is 0.467. The number of amides is 1. The first-order chi connectivity index (χ1) is 9.99. The molecule has 21 heavy (non-hydrogen) atoms. The first-order valence-corrected chi connectivity index (χ1v) is 6.94. The molecule has 6 nitrogen and oxygen atoms in total. The quantitative estimate of drug-likeness (QED) is 0.679. The number of ether oxygens (including phenoxy) is 1. The lowest BCUT2D eigenvalue weighted by Crippen LogP contribution is -2.41. The Kier molecular flexibility index (Phi) is 6.17. The highest BCUT2D eigenvalue weighted by molar-refractivity contribution is 5.96. The lowest BCUT2D eigenvalue weighted by atomic mass is 9.81. The van der Waals surface area contributed by atoms with E-state index in [9.17, 15) is 9.59 Å². The van der Waals surface area contributed by atoms with Crippen LogP contribution >= 0.6 is 0 Å². The number of hydrogen-bond donors (Lipinski definition) is 3. The van der Waals surface area contributed by atoms with E-state index in [2.05, 4.69) is 5.32 Å². The van der Waals surface area contributed by atoms with E-state index >= 15 is 0 Å². The molecule has 0 bridgehead atoms. The summed E-state index contributed by atoms with van der Waals surface area (Å²) in [4.78, 5) is 23.0. The zero-order valence-corrected chi connectivity index (χ0v) is 12.4. The van der Waals surface area contributed by atoms with Crippen molar-refractivity contribution >= 4 is 17.6 Å². The number of rotatable bonds is 8.